The number of nitrogens with zero attached hydrogens (tertiary/aromatic N) is 2. The molecule has 1 N–H and O–H groups in total. The lowest BCUT2D eigenvalue weighted by atomic mass is 10.0. The molecule has 0 aliphatic carbocycles. The molecule has 0 aromatic heterocycles. The third kappa shape index (κ3) is 6.98. The summed E-state index contributed by atoms with van der Waals surface area (Å²) in [5, 5.41) is 14.5. The Morgan fingerprint density at radius 3 is 2.76 bits per heavy atom. The Kier molecular flexibility index (Phi) is 7.17. The van der Waals surface area contributed by atoms with Crippen molar-refractivity contribution >= 4 is 5.71 Å². The van der Waals surface area contributed by atoms with E-state index in [9.17, 15) is 5.11 Å². The molecule has 5 nitrogen and oxygen atoms in total. The Labute approximate surface area is 150 Å². The van der Waals surface area contributed by atoms with Gasteiger partial charge in [0.15, 0.2) is 0 Å². The first-order valence-electron chi connectivity index (χ1n) is 8.81. The molecule has 1 heterocycles. The van der Waals surface area contributed by atoms with Crippen molar-refractivity contribution in [1.29, 1.82) is 0 Å². The molecule has 1 aromatic rings. The third-order valence-electron chi connectivity index (χ3n) is 3.87. The van der Waals surface area contributed by atoms with E-state index >= 15 is 0 Å². The molecule has 0 spiro atoms. The highest BCUT2D eigenvalue weighted by molar-refractivity contribution is 6.01. The maximum Gasteiger partial charge on any atom is 0.145 e. The molecule has 1 aliphatic heterocycles. The lowest BCUT2D eigenvalue weighted by molar-refractivity contribution is -0.0583. The summed E-state index contributed by atoms with van der Waals surface area (Å²) in [6, 6.07) is 10.1. The van der Waals surface area contributed by atoms with Crippen molar-refractivity contribution in [3.63, 3.8) is 0 Å². The molecule has 0 radical (unpaired) electrons. The zero-order chi connectivity index (χ0) is 18.3. The summed E-state index contributed by atoms with van der Waals surface area (Å²) < 4.78 is 5.66. The van der Waals surface area contributed by atoms with Gasteiger partial charge in [0.1, 0.15) is 6.10 Å². The molecule has 138 valence electrons. The van der Waals surface area contributed by atoms with Crippen LogP contribution >= 0.6 is 0 Å². The van der Waals surface area contributed by atoms with Crippen LogP contribution in [0.1, 0.15) is 32.8 Å². The minimum absolute atomic E-state index is 0.00843. The summed E-state index contributed by atoms with van der Waals surface area (Å²) >= 11 is 0. The second-order valence-corrected chi connectivity index (χ2v) is 7.42. The number of hydrogen-bond donors (Lipinski definition) is 1. The lowest BCUT2D eigenvalue weighted by Crippen LogP contribution is -2.40. The van der Waals surface area contributed by atoms with Gasteiger partial charge in [0, 0.05) is 26.1 Å². The largest absolute Gasteiger partial charge is 0.390 e. The Morgan fingerprint density at radius 1 is 1.40 bits per heavy atom. The van der Waals surface area contributed by atoms with Crippen molar-refractivity contribution in [2.24, 2.45) is 5.16 Å². The smallest absolute Gasteiger partial charge is 0.145 e. The van der Waals surface area contributed by atoms with Crippen molar-refractivity contribution in [3.05, 3.63) is 48.6 Å². The molecule has 0 unspecified atom stereocenters. The fourth-order valence-electron chi connectivity index (χ4n) is 2.72. The molecule has 1 aromatic carbocycles. The maximum atomic E-state index is 10.2. The van der Waals surface area contributed by atoms with E-state index in [4.69, 9.17) is 9.57 Å². The van der Waals surface area contributed by atoms with E-state index in [0.717, 1.165) is 17.7 Å². The molecule has 0 saturated carbocycles. The molecular formula is C20H30N2O3. The van der Waals surface area contributed by atoms with Crippen LogP contribution in [0.5, 0.6) is 0 Å². The highest BCUT2D eigenvalue weighted by atomic mass is 16.6. The van der Waals surface area contributed by atoms with E-state index in [1.54, 1.807) is 0 Å². The predicted molar refractivity (Wildman–Crippen MR) is 101 cm³/mol. The van der Waals surface area contributed by atoms with Gasteiger partial charge >= 0.3 is 0 Å². The van der Waals surface area contributed by atoms with Crippen molar-refractivity contribution in [1.82, 2.24) is 4.90 Å². The predicted octanol–water partition coefficient (Wildman–Crippen LogP) is 2.84. The van der Waals surface area contributed by atoms with E-state index in [-0.39, 0.29) is 11.7 Å². The van der Waals surface area contributed by atoms with Crippen molar-refractivity contribution in [3.8, 4) is 0 Å². The summed E-state index contributed by atoms with van der Waals surface area (Å²) in [5.41, 5.74) is 1.82. The fourth-order valence-corrected chi connectivity index (χ4v) is 2.72. The van der Waals surface area contributed by atoms with E-state index in [1.807, 2.05) is 57.2 Å². The molecule has 0 bridgehead atoms. The number of rotatable bonds is 9. The minimum Gasteiger partial charge on any atom is -0.390 e. The molecule has 2 atom stereocenters. The number of ether oxygens (including phenoxy) is 1. The van der Waals surface area contributed by atoms with E-state index in [1.165, 1.54) is 0 Å². The standard InChI is InChI=1S/C20H30N2O3/c1-5-11-22(13-17(23)15-24-20(2,3)4)14-18-12-19(21-25-18)16-9-7-6-8-10-16/h5-10,17-18,23H,1,11-15H2,2-4H3/t17-,18+/m1/s1. The van der Waals surface area contributed by atoms with Crippen LogP contribution in [0.4, 0.5) is 0 Å². The third-order valence-corrected chi connectivity index (χ3v) is 3.87. The first-order chi connectivity index (χ1) is 11.9. The normalized spacial score (nSPS) is 18.8. The van der Waals surface area contributed by atoms with Gasteiger partial charge in [-0.1, -0.05) is 41.6 Å². The van der Waals surface area contributed by atoms with Gasteiger partial charge in [-0.15, -0.1) is 6.58 Å². The minimum atomic E-state index is -0.546. The van der Waals surface area contributed by atoms with Gasteiger partial charge in [-0.2, -0.15) is 0 Å². The Morgan fingerprint density at radius 2 is 2.12 bits per heavy atom. The molecule has 2 rings (SSSR count). The van der Waals surface area contributed by atoms with Crippen LogP contribution in [-0.4, -0.2) is 59.8 Å². The zero-order valence-electron chi connectivity index (χ0n) is 15.5. The average molecular weight is 346 g/mol. The van der Waals surface area contributed by atoms with Gasteiger partial charge in [-0.05, 0) is 26.3 Å². The van der Waals surface area contributed by atoms with Gasteiger partial charge in [-0.25, -0.2) is 0 Å². The summed E-state index contributed by atoms with van der Waals surface area (Å²) in [6.07, 6.45) is 2.05. The van der Waals surface area contributed by atoms with Crippen LogP contribution in [-0.2, 0) is 9.57 Å². The van der Waals surface area contributed by atoms with Crippen molar-refractivity contribution in [2.45, 2.75) is 45.0 Å². The molecule has 0 fully saturated rings. The van der Waals surface area contributed by atoms with Gasteiger partial charge in [0.25, 0.3) is 0 Å². The Hall–Kier alpha value is -1.69. The zero-order valence-corrected chi connectivity index (χ0v) is 15.5. The first-order valence-corrected chi connectivity index (χ1v) is 8.81. The molecule has 5 heteroatoms. The quantitative estimate of drug-likeness (QED) is 0.699. The Balaban J connectivity index is 1.83. The van der Waals surface area contributed by atoms with Crippen LogP contribution in [0.3, 0.4) is 0 Å². The number of aliphatic hydroxyl groups excluding tert-OH is 1. The number of benzene rings is 1. The fraction of sp³-hybridized carbons (Fsp3) is 0.550. The van der Waals surface area contributed by atoms with Crippen LogP contribution in [0.15, 0.2) is 48.1 Å². The first kappa shape index (κ1) is 19.6. The Bertz CT molecular complexity index is 566. The maximum absolute atomic E-state index is 10.2. The van der Waals surface area contributed by atoms with Crippen LogP contribution in [0.2, 0.25) is 0 Å². The highest BCUT2D eigenvalue weighted by Crippen LogP contribution is 2.18. The van der Waals surface area contributed by atoms with Crippen LogP contribution < -0.4 is 0 Å². The number of oxime groups is 1. The van der Waals surface area contributed by atoms with E-state index in [2.05, 4.69) is 16.6 Å². The summed E-state index contributed by atoms with van der Waals surface area (Å²) in [7, 11) is 0. The second kappa shape index (κ2) is 9.13. The van der Waals surface area contributed by atoms with Crippen LogP contribution in [0, 0.1) is 0 Å². The lowest BCUT2D eigenvalue weighted by Gasteiger charge is -2.27. The molecule has 0 amide bonds. The molecule has 1 aliphatic rings. The van der Waals surface area contributed by atoms with E-state index in [0.29, 0.717) is 26.2 Å². The second-order valence-electron chi connectivity index (χ2n) is 7.42. The monoisotopic (exact) mass is 346 g/mol. The topological polar surface area (TPSA) is 54.3 Å². The number of hydrogen-bond acceptors (Lipinski definition) is 5. The van der Waals surface area contributed by atoms with Gasteiger partial charge in [0.2, 0.25) is 0 Å². The van der Waals surface area contributed by atoms with Crippen LogP contribution in [0.25, 0.3) is 0 Å². The SMILES string of the molecule is C=CCN(C[C@@H](O)COC(C)(C)C)C[C@@H]1CC(c2ccccc2)=NO1. The molecular weight excluding hydrogens is 316 g/mol. The summed E-state index contributed by atoms with van der Waals surface area (Å²) in [4.78, 5) is 7.71. The average Bonchev–Trinajstić information content (AvgIpc) is 3.02. The molecule has 0 saturated heterocycles. The van der Waals surface area contributed by atoms with E-state index < -0.39 is 6.10 Å². The van der Waals surface area contributed by atoms with Crippen molar-refractivity contribution < 1.29 is 14.7 Å². The van der Waals surface area contributed by atoms with Gasteiger partial charge < -0.3 is 14.7 Å². The van der Waals surface area contributed by atoms with Gasteiger partial charge in [0.05, 0.1) is 24.0 Å². The highest BCUT2D eigenvalue weighted by Gasteiger charge is 2.25. The van der Waals surface area contributed by atoms with Crippen molar-refractivity contribution in [2.75, 3.05) is 26.2 Å². The number of aliphatic hydroxyl groups is 1. The summed E-state index contributed by atoms with van der Waals surface area (Å²) in [5.74, 6) is 0. The summed E-state index contributed by atoms with van der Waals surface area (Å²) in [6.45, 7) is 12.0. The molecule has 25 heavy (non-hydrogen) atoms. The van der Waals surface area contributed by atoms with Gasteiger partial charge in [-0.3, -0.25) is 4.90 Å².